The average molecular weight is 234 g/mol. The van der Waals surface area contributed by atoms with Crippen LogP contribution in [0.5, 0.6) is 0 Å². The molecule has 0 aliphatic heterocycles. The normalized spacial score (nSPS) is 10.5. The summed E-state index contributed by atoms with van der Waals surface area (Å²) in [5.41, 5.74) is 7.00. The minimum atomic E-state index is -0.293. The molecule has 0 aromatic carbocycles. The number of nitrogens with one attached hydrogen (secondary N) is 1. The van der Waals surface area contributed by atoms with Gasteiger partial charge in [-0.05, 0) is 6.92 Å². The number of carbonyl (C=O) groups excluding carboxylic acids is 1. The first-order valence-corrected chi connectivity index (χ1v) is 5.23. The van der Waals surface area contributed by atoms with Gasteiger partial charge < -0.3 is 11.1 Å². The van der Waals surface area contributed by atoms with Crippen LogP contribution >= 0.6 is 0 Å². The number of hydrogen-bond donors (Lipinski definition) is 2. The molecule has 0 unspecified atom stereocenters. The van der Waals surface area contributed by atoms with E-state index in [0.29, 0.717) is 17.1 Å². The van der Waals surface area contributed by atoms with Gasteiger partial charge in [0.2, 0.25) is 0 Å². The summed E-state index contributed by atoms with van der Waals surface area (Å²) in [7, 11) is 1.67. The summed E-state index contributed by atoms with van der Waals surface area (Å²) in [4.78, 5) is 11.9. The minimum Gasteiger partial charge on any atom is -0.396 e. The molecule has 0 saturated carbocycles. The van der Waals surface area contributed by atoms with E-state index in [1.807, 2.05) is 6.92 Å². The number of aromatic nitrogens is 4. The fraction of sp³-hybridized carbons (Fsp3) is 0.300. The first kappa shape index (κ1) is 11.2. The molecule has 3 N–H and O–H groups in total. The first-order chi connectivity index (χ1) is 8.11. The lowest BCUT2D eigenvalue weighted by Crippen LogP contribution is -2.17. The van der Waals surface area contributed by atoms with E-state index in [9.17, 15) is 4.79 Å². The van der Waals surface area contributed by atoms with Gasteiger partial charge in [-0.15, -0.1) is 0 Å². The van der Waals surface area contributed by atoms with Crippen molar-refractivity contribution in [2.45, 2.75) is 13.5 Å². The van der Waals surface area contributed by atoms with Gasteiger partial charge in [0.25, 0.3) is 5.91 Å². The van der Waals surface area contributed by atoms with Crippen LogP contribution in [0.25, 0.3) is 0 Å². The van der Waals surface area contributed by atoms with Crippen molar-refractivity contribution in [2.24, 2.45) is 7.05 Å². The molecule has 2 aromatic heterocycles. The molecule has 2 heterocycles. The fourth-order valence-electron chi connectivity index (χ4n) is 1.52. The van der Waals surface area contributed by atoms with Crippen LogP contribution in [0.3, 0.4) is 0 Å². The Morgan fingerprint density at radius 1 is 1.47 bits per heavy atom. The summed E-state index contributed by atoms with van der Waals surface area (Å²) in [5, 5.41) is 10.7. The van der Waals surface area contributed by atoms with E-state index in [2.05, 4.69) is 15.5 Å². The van der Waals surface area contributed by atoms with E-state index >= 15 is 0 Å². The van der Waals surface area contributed by atoms with E-state index in [4.69, 9.17) is 5.73 Å². The maximum Gasteiger partial charge on any atom is 0.276 e. The Bertz CT molecular complexity index is 521. The van der Waals surface area contributed by atoms with Crippen molar-refractivity contribution in [3.63, 3.8) is 0 Å². The molecular formula is C10H14N6O. The van der Waals surface area contributed by atoms with Gasteiger partial charge in [-0.25, -0.2) is 0 Å². The summed E-state index contributed by atoms with van der Waals surface area (Å²) >= 11 is 0. The highest BCUT2D eigenvalue weighted by atomic mass is 16.2. The van der Waals surface area contributed by atoms with E-state index < -0.39 is 0 Å². The van der Waals surface area contributed by atoms with Gasteiger partial charge in [-0.1, -0.05) is 0 Å². The largest absolute Gasteiger partial charge is 0.396 e. The van der Waals surface area contributed by atoms with Crippen molar-refractivity contribution < 1.29 is 4.79 Å². The number of amides is 1. The van der Waals surface area contributed by atoms with Crippen LogP contribution in [-0.4, -0.2) is 25.5 Å². The van der Waals surface area contributed by atoms with E-state index in [1.165, 1.54) is 10.9 Å². The van der Waals surface area contributed by atoms with Crippen LogP contribution in [-0.2, 0) is 13.6 Å². The average Bonchev–Trinajstić information content (AvgIpc) is 2.86. The Labute approximate surface area is 98.2 Å². The van der Waals surface area contributed by atoms with Crippen molar-refractivity contribution >= 4 is 17.3 Å². The molecule has 2 aromatic rings. The van der Waals surface area contributed by atoms with Crippen molar-refractivity contribution in [1.29, 1.82) is 0 Å². The Kier molecular flexibility index (Phi) is 2.82. The molecule has 90 valence electrons. The SMILES string of the molecule is CCn1cc(NC(=O)c2c(N)cnn2C)cn1. The minimum absolute atomic E-state index is 0.293. The summed E-state index contributed by atoms with van der Waals surface area (Å²) in [6.45, 7) is 2.72. The zero-order chi connectivity index (χ0) is 12.4. The number of aryl methyl sites for hydroxylation is 2. The molecule has 17 heavy (non-hydrogen) atoms. The molecule has 0 atom stereocenters. The van der Waals surface area contributed by atoms with E-state index in [1.54, 1.807) is 24.1 Å². The molecule has 1 amide bonds. The highest BCUT2D eigenvalue weighted by Crippen LogP contribution is 2.12. The van der Waals surface area contributed by atoms with Gasteiger partial charge >= 0.3 is 0 Å². The number of anilines is 2. The molecule has 0 saturated heterocycles. The molecule has 7 nitrogen and oxygen atoms in total. The van der Waals surface area contributed by atoms with Crippen LogP contribution in [0, 0.1) is 0 Å². The molecule has 0 aliphatic rings. The Balaban J connectivity index is 2.17. The Morgan fingerprint density at radius 3 is 2.76 bits per heavy atom. The molecule has 0 radical (unpaired) electrons. The highest BCUT2D eigenvalue weighted by molar-refractivity contribution is 6.06. The standard InChI is InChI=1S/C10H14N6O/c1-3-16-6-7(4-13-16)14-10(17)9-8(11)5-12-15(9)2/h4-6H,3,11H2,1-2H3,(H,14,17). The number of rotatable bonds is 3. The highest BCUT2D eigenvalue weighted by Gasteiger charge is 2.15. The second kappa shape index (κ2) is 4.28. The lowest BCUT2D eigenvalue weighted by atomic mass is 10.3. The summed E-state index contributed by atoms with van der Waals surface area (Å²) in [5.74, 6) is -0.293. The van der Waals surface area contributed by atoms with E-state index in [-0.39, 0.29) is 5.91 Å². The molecule has 0 fully saturated rings. The Morgan fingerprint density at radius 2 is 2.24 bits per heavy atom. The van der Waals surface area contributed by atoms with Crippen molar-refractivity contribution in [1.82, 2.24) is 19.6 Å². The maximum atomic E-state index is 11.9. The zero-order valence-electron chi connectivity index (χ0n) is 9.71. The second-order valence-corrected chi connectivity index (χ2v) is 3.61. The number of nitrogens with zero attached hydrogens (tertiary/aromatic N) is 4. The van der Waals surface area contributed by atoms with Crippen LogP contribution in [0.2, 0.25) is 0 Å². The summed E-state index contributed by atoms with van der Waals surface area (Å²) in [6, 6.07) is 0. The van der Waals surface area contributed by atoms with E-state index in [0.717, 1.165) is 6.54 Å². The third-order valence-corrected chi connectivity index (χ3v) is 2.40. The van der Waals surface area contributed by atoms with Gasteiger partial charge in [-0.2, -0.15) is 10.2 Å². The van der Waals surface area contributed by atoms with Gasteiger partial charge in [0, 0.05) is 19.8 Å². The topological polar surface area (TPSA) is 90.8 Å². The van der Waals surface area contributed by atoms with Crippen LogP contribution in [0.4, 0.5) is 11.4 Å². The third kappa shape index (κ3) is 2.12. The predicted molar refractivity (Wildman–Crippen MR) is 63.5 cm³/mol. The lowest BCUT2D eigenvalue weighted by Gasteiger charge is -2.03. The summed E-state index contributed by atoms with van der Waals surface area (Å²) in [6.07, 6.45) is 4.79. The third-order valence-electron chi connectivity index (χ3n) is 2.40. The molecule has 2 rings (SSSR count). The van der Waals surface area contributed by atoms with Crippen molar-refractivity contribution in [3.8, 4) is 0 Å². The number of hydrogen-bond acceptors (Lipinski definition) is 4. The maximum absolute atomic E-state index is 11.9. The molecule has 0 aliphatic carbocycles. The van der Waals surface area contributed by atoms with Gasteiger partial charge in [0.1, 0.15) is 5.69 Å². The Hall–Kier alpha value is -2.31. The van der Waals surface area contributed by atoms with Gasteiger partial charge in [0.05, 0.1) is 23.8 Å². The fourth-order valence-corrected chi connectivity index (χ4v) is 1.52. The first-order valence-electron chi connectivity index (χ1n) is 5.23. The molecular weight excluding hydrogens is 220 g/mol. The quantitative estimate of drug-likeness (QED) is 0.807. The monoisotopic (exact) mass is 234 g/mol. The van der Waals surface area contributed by atoms with Gasteiger partial charge in [-0.3, -0.25) is 14.2 Å². The zero-order valence-corrected chi connectivity index (χ0v) is 9.71. The number of nitrogens with two attached hydrogens (primary N) is 1. The van der Waals surface area contributed by atoms with Crippen LogP contribution < -0.4 is 11.1 Å². The van der Waals surface area contributed by atoms with Crippen LogP contribution in [0.15, 0.2) is 18.6 Å². The van der Waals surface area contributed by atoms with Gasteiger partial charge in [0.15, 0.2) is 0 Å². The number of nitrogen functional groups attached to an aromatic ring is 1. The second-order valence-electron chi connectivity index (χ2n) is 3.61. The van der Waals surface area contributed by atoms with Crippen LogP contribution in [0.1, 0.15) is 17.4 Å². The smallest absolute Gasteiger partial charge is 0.276 e. The molecule has 0 spiro atoms. The van der Waals surface area contributed by atoms with Crippen molar-refractivity contribution in [3.05, 3.63) is 24.3 Å². The molecule has 0 bridgehead atoms. The molecule has 7 heteroatoms. The predicted octanol–water partition coefficient (Wildman–Crippen LogP) is 0.471. The summed E-state index contributed by atoms with van der Waals surface area (Å²) < 4.78 is 3.16. The number of carbonyl (C=O) groups is 1. The van der Waals surface area contributed by atoms with Crippen molar-refractivity contribution in [2.75, 3.05) is 11.1 Å². The lowest BCUT2D eigenvalue weighted by molar-refractivity contribution is 0.101.